The highest BCUT2D eigenvalue weighted by Crippen LogP contribution is 2.19. The fourth-order valence-corrected chi connectivity index (χ4v) is 2.52. The molecule has 0 bridgehead atoms. The number of nitrogens with zero attached hydrogens (tertiary/aromatic N) is 2. The van der Waals surface area contributed by atoms with E-state index in [-0.39, 0.29) is 22.4 Å². The molecule has 0 aliphatic rings. The molecule has 1 aromatic carbocycles. The van der Waals surface area contributed by atoms with Crippen molar-refractivity contribution in [2.75, 3.05) is 5.32 Å². The Balaban J connectivity index is 2.09. The minimum absolute atomic E-state index is 0.271. The number of benzene rings is 1. The number of rotatable bonds is 2. The topological polar surface area (TPSA) is 79.8 Å². The molecule has 7 heteroatoms. The van der Waals surface area contributed by atoms with E-state index >= 15 is 0 Å². The maximum atomic E-state index is 12.5. The minimum Gasteiger partial charge on any atom is -0.322 e. The summed E-state index contributed by atoms with van der Waals surface area (Å²) in [6.07, 6.45) is 0. The summed E-state index contributed by atoms with van der Waals surface area (Å²) in [5.74, 6) is -0.380. The quantitative estimate of drug-likeness (QED) is 0.762. The van der Waals surface area contributed by atoms with Crippen LogP contribution in [0.25, 0.3) is 11.0 Å². The van der Waals surface area contributed by atoms with Gasteiger partial charge < -0.3 is 5.32 Å². The summed E-state index contributed by atoms with van der Waals surface area (Å²) < 4.78 is 1.50. The molecular weight excluding hydrogens is 304 g/mol. The Morgan fingerprint density at radius 2 is 2.14 bits per heavy atom. The van der Waals surface area contributed by atoms with Crippen molar-refractivity contribution in [1.29, 1.82) is 0 Å². The fourth-order valence-electron chi connectivity index (χ4n) is 2.33. The first-order valence-corrected chi connectivity index (χ1v) is 6.97. The van der Waals surface area contributed by atoms with Crippen LogP contribution in [-0.4, -0.2) is 20.7 Å². The molecule has 0 radical (unpaired) electrons. The second-order valence-electron chi connectivity index (χ2n) is 4.97. The summed E-state index contributed by atoms with van der Waals surface area (Å²) >= 11 is 5.90. The number of anilines is 1. The normalized spacial score (nSPS) is 10.9. The molecule has 0 saturated heterocycles. The van der Waals surface area contributed by atoms with Crippen LogP contribution in [0.3, 0.4) is 0 Å². The lowest BCUT2D eigenvalue weighted by atomic mass is 10.1. The highest BCUT2D eigenvalue weighted by Gasteiger charge is 2.17. The van der Waals surface area contributed by atoms with Gasteiger partial charge in [-0.25, -0.2) is 4.98 Å². The number of aromatic nitrogens is 3. The van der Waals surface area contributed by atoms with Crippen LogP contribution in [0.1, 0.15) is 16.1 Å². The zero-order chi connectivity index (χ0) is 15.9. The van der Waals surface area contributed by atoms with Gasteiger partial charge in [0.15, 0.2) is 5.65 Å². The number of hydrogen-bond donors (Lipinski definition) is 2. The number of H-pyrrole nitrogens is 1. The van der Waals surface area contributed by atoms with Gasteiger partial charge in [0.05, 0.1) is 10.9 Å². The SMILES string of the molecule is Cc1cc(C(=O)Nc2cccc(Cl)c2)c2c(=O)[nH]n(C)c2n1. The van der Waals surface area contributed by atoms with E-state index in [2.05, 4.69) is 15.4 Å². The van der Waals surface area contributed by atoms with Crippen molar-refractivity contribution in [2.24, 2.45) is 7.05 Å². The molecule has 2 heterocycles. The van der Waals surface area contributed by atoms with Gasteiger partial charge in [0.25, 0.3) is 11.5 Å². The maximum absolute atomic E-state index is 12.5. The second kappa shape index (κ2) is 5.31. The van der Waals surface area contributed by atoms with Gasteiger partial charge in [-0.05, 0) is 31.2 Å². The predicted molar refractivity (Wildman–Crippen MR) is 85.5 cm³/mol. The third kappa shape index (κ3) is 2.48. The first kappa shape index (κ1) is 14.3. The van der Waals surface area contributed by atoms with Gasteiger partial charge in [0.1, 0.15) is 0 Å². The van der Waals surface area contributed by atoms with Crippen LogP contribution in [0.4, 0.5) is 5.69 Å². The Hall–Kier alpha value is -2.60. The van der Waals surface area contributed by atoms with E-state index in [1.807, 2.05) is 0 Å². The van der Waals surface area contributed by atoms with Crippen LogP contribution in [-0.2, 0) is 7.05 Å². The highest BCUT2D eigenvalue weighted by atomic mass is 35.5. The van der Waals surface area contributed by atoms with Gasteiger partial charge in [0.2, 0.25) is 0 Å². The van der Waals surface area contributed by atoms with Crippen LogP contribution >= 0.6 is 11.6 Å². The number of halogens is 1. The number of nitrogens with one attached hydrogen (secondary N) is 2. The summed E-state index contributed by atoms with van der Waals surface area (Å²) in [5, 5.41) is 6.14. The molecule has 0 saturated carbocycles. The van der Waals surface area contributed by atoms with Crippen molar-refractivity contribution in [3.05, 3.63) is 57.0 Å². The predicted octanol–water partition coefficient (Wildman–Crippen LogP) is 2.48. The van der Waals surface area contributed by atoms with Crippen LogP contribution < -0.4 is 10.9 Å². The van der Waals surface area contributed by atoms with Crippen LogP contribution in [0.15, 0.2) is 35.1 Å². The van der Waals surface area contributed by atoms with Crippen molar-refractivity contribution in [3.8, 4) is 0 Å². The number of carbonyl (C=O) groups excluding carboxylic acids is 1. The zero-order valence-corrected chi connectivity index (χ0v) is 12.7. The molecule has 0 unspecified atom stereocenters. The van der Waals surface area contributed by atoms with Gasteiger partial charge >= 0.3 is 0 Å². The summed E-state index contributed by atoms with van der Waals surface area (Å²) in [5.41, 5.74) is 1.60. The Labute approximate surface area is 130 Å². The molecule has 0 aliphatic heterocycles. The second-order valence-corrected chi connectivity index (χ2v) is 5.41. The van der Waals surface area contributed by atoms with Gasteiger partial charge in [0, 0.05) is 23.5 Å². The molecule has 6 nitrogen and oxygen atoms in total. The largest absolute Gasteiger partial charge is 0.322 e. The summed E-state index contributed by atoms with van der Waals surface area (Å²) in [4.78, 5) is 28.8. The lowest BCUT2D eigenvalue weighted by Crippen LogP contribution is -2.15. The van der Waals surface area contributed by atoms with Gasteiger partial charge in [-0.1, -0.05) is 17.7 Å². The fraction of sp³-hybridized carbons (Fsp3) is 0.133. The zero-order valence-electron chi connectivity index (χ0n) is 12.0. The molecule has 0 aliphatic carbocycles. The first-order valence-electron chi connectivity index (χ1n) is 6.59. The standard InChI is InChI=1S/C15H13ClN4O2/c1-8-6-11(12-13(17-8)20(2)19-15(12)22)14(21)18-10-5-3-4-9(16)7-10/h3-7H,1-2H3,(H,18,21)(H,19,22). The van der Waals surface area contributed by atoms with Crippen LogP contribution in [0, 0.1) is 6.92 Å². The van der Waals surface area contributed by atoms with Crippen molar-refractivity contribution in [3.63, 3.8) is 0 Å². The van der Waals surface area contributed by atoms with Crippen molar-refractivity contribution in [1.82, 2.24) is 14.8 Å². The number of aromatic amines is 1. The molecule has 0 fully saturated rings. The molecule has 22 heavy (non-hydrogen) atoms. The number of pyridine rings is 1. The van der Waals surface area contributed by atoms with E-state index in [1.165, 1.54) is 4.68 Å². The van der Waals surface area contributed by atoms with Crippen LogP contribution in [0.2, 0.25) is 5.02 Å². The van der Waals surface area contributed by atoms with E-state index in [0.717, 1.165) is 0 Å². The third-order valence-corrected chi connectivity index (χ3v) is 3.50. The molecule has 3 rings (SSSR count). The smallest absolute Gasteiger partial charge is 0.274 e. The molecule has 2 aromatic heterocycles. The molecular formula is C15H13ClN4O2. The number of aryl methyl sites for hydroxylation is 2. The average molecular weight is 317 g/mol. The Bertz CT molecular complexity index is 942. The number of hydrogen-bond acceptors (Lipinski definition) is 3. The summed E-state index contributed by atoms with van der Waals surface area (Å²) in [7, 11) is 1.68. The molecule has 0 spiro atoms. The average Bonchev–Trinajstić information content (AvgIpc) is 2.73. The Morgan fingerprint density at radius 1 is 1.36 bits per heavy atom. The molecule has 1 amide bonds. The van der Waals surface area contributed by atoms with E-state index in [0.29, 0.717) is 22.1 Å². The summed E-state index contributed by atoms with van der Waals surface area (Å²) in [6.45, 7) is 1.77. The number of amides is 1. The highest BCUT2D eigenvalue weighted by molar-refractivity contribution is 6.31. The van der Waals surface area contributed by atoms with E-state index < -0.39 is 0 Å². The monoisotopic (exact) mass is 316 g/mol. The first-order chi connectivity index (χ1) is 10.5. The maximum Gasteiger partial charge on any atom is 0.274 e. The van der Waals surface area contributed by atoms with E-state index in [1.54, 1.807) is 44.3 Å². The van der Waals surface area contributed by atoms with Crippen molar-refractivity contribution >= 4 is 34.2 Å². The van der Waals surface area contributed by atoms with Crippen molar-refractivity contribution < 1.29 is 4.79 Å². The summed E-state index contributed by atoms with van der Waals surface area (Å²) in [6, 6.07) is 8.41. The number of fused-ring (bicyclic) bond motifs is 1. The Morgan fingerprint density at radius 3 is 2.86 bits per heavy atom. The van der Waals surface area contributed by atoms with E-state index in [4.69, 9.17) is 11.6 Å². The molecule has 0 atom stereocenters. The van der Waals surface area contributed by atoms with Crippen LogP contribution in [0.5, 0.6) is 0 Å². The minimum atomic E-state index is -0.380. The van der Waals surface area contributed by atoms with Gasteiger partial charge in [-0.15, -0.1) is 0 Å². The Kier molecular flexibility index (Phi) is 3.46. The van der Waals surface area contributed by atoms with E-state index in [9.17, 15) is 9.59 Å². The molecule has 2 N–H and O–H groups in total. The van der Waals surface area contributed by atoms with Crippen molar-refractivity contribution in [2.45, 2.75) is 6.92 Å². The van der Waals surface area contributed by atoms with Gasteiger partial charge in [-0.2, -0.15) is 0 Å². The van der Waals surface area contributed by atoms with Gasteiger partial charge in [-0.3, -0.25) is 19.4 Å². The number of carbonyl (C=O) groups is 1. The molecule has 112 valence electrons. The molecule has 3 aromatic rings. The third-order valence-electron chi connectivity index (χ3n) is 3.27. The lowest BCUT2D eigenvalue weighted by Gasteiger charge is -2.07. The lowest BCUT2D eigenvalue weighted by molar-refractivity contribution is 0.102.